The molecule has 4 heteroatoms. The van der Waals surface area contributed by atoms with Crippen LogP contribution >= 0.6 is 0 Å². The highest BCUT2D eigenvalue weighted by Gasteiger charge is 2.43. The third kappa shape index (κ3) is 1.50. The van der Waals surface area contributed by atoms with Gasteiger partial charge in [-0.15, -0.1) is 0 Å². The number of hydrogen-bond donors (Lipinski definition) is 1. The predicted molar refractivity (Wildman–Crippen MR) is 69.7 cm³/mol. The van der Waals surface area contributed by atoms with Crippen molar-refractivity contribution in [3.63, 3.8) is 0 Å². The average Bonchev–Trinajstić information content (AvgIpc) is 2.60. The molecule has 0 saturated carbocycles. The molecule has 18 heavy (non-hydrogen) atoms. The number of nitrogens with one attached hydrogen (secondary N) is 1. The monoisotopic (exact) mass is 259 g/mol. The number of benzene rings is 2. The lowest BCUT2D eigenvalue weighted by molar-refractivity contribution is 0.527. The summed E-state index contributed by atoms with van der Waals surface area (Å²) in [5, 5.41) is 0. The summed E-state index contributed by atoms with van der Waals surface area (Å²) in [6.07, 6.45) is 0. The van der Waals surface area contributed by atoms with Crippen LogP contribution in [0.5, 0.6) is 0 Å². The molecule has 2 aromatic rings. The highest BCUT2D eigenvalue weighted by molar-refractivity contribution is 7.89. The normalized spacial score (nSPS) is 24.7. The van der Waals surface area contributed by atoms with Gasteiger partial charge in [0.25, 0.3) is 0 Å². The van der Waals surface area contributed by atoms with Crippen molar-refractivity contribution >= 4 is 10.0 Å². The van der Waals surface area contributed by atoms with Gasteiger partial charge in [0.1, 0.15) is 0 Å². The van der Waals surface area contributed by atoms with Crippen molar-refractivity contribution in [1.82, 2.24) is 4.72 Å². The van der Waals surface area contributed by atoms with Crippen LogP contribution in [0.1, 0.15) is 18.1 Å². The fourth-order valence-corrected chi connectivity index (χ4v) is 4.17. The quantitative estimate of drug-likeness (QED) is 0.853. The van der Waals surface area contributed by atoms with Gasteiger partial charge in [-0.2, -0.15) is 4.72 Å². The molecular weight excluding hydrogens is 246 g/mol. The Morgan fingerprint density at radius 3 is 2.28 bits per heavy atom. The maximum atomic E-state index is 12.1. The first-order chi connectivity index (χ1) is 8.54. The van der Waals surface area contributed by atoms with E-state index < -0.39 is 15.6 Å². The lowest BCUT2D eigenvalue weighted by Crippen LogP contribution is -2.37. The van der Waals surface area contributed by atoms with Crippen molar-refractivity contribution in [2.45, 2.75) is 17.4 Å². The van der Waals surface area contributed by atoms with Gasteiger partial charge in [0, 0.05) is 0 Å². The van der Waals surface area contributed by atoms with Crippen LogP contribution in [0.3, 0.4) is 0 Å². The van der Waals surface area contributed by atoms with E-state index in [1.807, 2.05) is 49.4 Å². The van der Waals surface area contributed by atoms with Crippen LogP contribution in [0.2, 0.25) is 0 Å². The highest BCUT2D eigenvalue weighted by atomic mass is 32.2. The summed E-state index contributed by atoms with van der Waals surface area (Å²) in [5.41, 5.74) is 1.06. The first kappa shape index (κ1) is 11.4. The average molecular weight is 259 g/mol. The van der Waals surface area contributed by atoms with E-state index in [1.54, 1.807) is 12.1 Å². The van der Waals surface area contributed by atoms with E-state index in [1.165, 1.54) is 0 Å². The summed E-state index contributed by atoms with van der Waals surface area (Å²) in [6.45, 7) is 1.89. The molecule has 3 rings (SSSR count). The van der Waals surface area contributed by atoms with Gasteiger partial charge in [0.05, 0.1) is 10.4 Å². The number of fused-ring (bicyclic) bond motifs is 1. The summed E-state index contributed by atoms with van der Waals surface area (Å²) >= 11 is 0. The van der Waals surface area contributed by atoms with Gasteiger partial charge in [-0.1, -0.05) is 48.5 Å². The lowest BCUT2D eigenvalue weighted by Gasteiger charge is -2.24. The van der Waals surface area contributed by atoms with Gasteiger partial charge in [0.15, 0.2) is 0 Å². The minimum atomic E-state index is -3.41. The second-order valence-corrected chi connectivity index (χ2v) is 6.24. The van der Waals surface area contributed by atoms with Gasteiger partial charge in [-0.05, 0) is 24.1 Å². The summed E-state index contributed by atoms with van der Waals surface area (Å²) in [7, 11) is -3.41. The molecule has 0 aromatic heterocycles. The molecule has 1 aliphatic rings. The molecule has 0 saturated heterocycles. The van der Waals surface area contributed by atoms with Crippen LogP contribution in [0.25, 0.3) is 0 Å². The van der Waals surface area contributed by atoms with Crippen molar-refractivity contribution in [2.24, 2.45) is 0 Å². The Morgan fingerprint density at radius 1 is 0.944 bits per heavy atom. The maximum Gasteiger partial charge on any atom is 0.242 e. The zero-order valence-corrected chi connectivity index (χ0v) is 10.7. The molecule has 1 aliphatic heterocycles. The summed E-state index contributed by atoms with van der Waals surface area (Å²) in [5.74, 6) is 0. The zero-order valence-electron chi connectivity index (χ0n) is 9.92. The summed E-state index contributed by atoms with van der Waals surface area (Å²) < 4.78 is 27.0. The fraction of sp³-hybridized carbons (Fsp3) is 0.143. The molecular formula is C14H13NO2S. The molecule has 1 unspecified atom stereocenters. The smallest absolute Gasteiger partial charge is 0.207 e. The van der Waals surface area contributed by atoms with E-state index in [2.05, 4.69) is 4.72 Å². The summed E-state index contributed by atoms with van der Waals surface area (Å²) in [4.78, 5) is 0.372. The van der Waals surface area contributed by atoms with Gasteiger partial charge < -0.3 is 0 Å². The van der Waals surface area contributed by atoms with Crippen LogP contribution in [-0.4, -0.2) is 8.42 Å². The Hall–Kier alpha value is -1.65. The molecule has 0 radical (unpaired) electrons. The standard InChI is InChI=1S/C14H13NO2S/c1-14(11-7-3-2-4-8-11)12-9-5-6-10-13(12)18(16,17)15-14/h2-10,15H,1H3. The van der Waals surface area contributed by atoms with Crippen LogP contribution in [0, 0.1) is 0 Å². The molecule has 0 aliphatic carbocycles. The summed E-state index contributed by atoms with van der Waals surface area (Å²) in [6, 6.07) is 16.7. The number of hydrogen-bond acceptors (Lipinski definition) is 2. The third-order valence-corrected chi connectivity index (χ3v) is 5.02. The molecule has 0 bridgehead atoms. The Kier molecular flexibility index (Phi) is 2.33. The van der Waals surface area contributed by atoms with Crippen molar-refractivity contribution in [3.8, 4) is 0 Å². The van der Waals surface area contributed by atoms with E-state index >= 15 is 0 Å². The third-order valence-electron chi connectivity index (χ3n) is 3.40. The van der Waals surface area contributed by atoms with E-state index in [4.69, 9.17) is 0 Å². The van der Waals surface area contributed by atoms with Gasteiger partial charge in [-0.25, -0.2) is 8.42 Å². The first-order valence-electron chi connectivity index (χ1n) is 5.73. The molecule has 1 heterocycles. The van der Waals surface area contributed by atoms with E-state index in [-0.39, 0.29) is 0 Å². The molecule has 1 atom stereocenters. The van der Waals surface area contributed by atoms with Crippen molar-refractivity contribution in [1.29, 1.82) is 0 Å². The molecule has 1 N–H and O–H groups in total. The van der Waals surface area contributed by atoms with E-state index in [9.17, 15) is 8.42 Å². The molecule has 0 spiro atoms. The van der Waals surface area contributed by atoms with Gasteiger partial charge in [0.2, 0.25) is 10.0 Å². The first-order valence-corrected chi connectivity index (χ1v) is 7.21. The Morgan fingerprint density at radius 2 is 1.56 bits per heavy atom. The molecule has 2 aromatic carbocycles. The largest absolute Gasteiger partial charge is 0.242 e. The molecule has 0 amide bonds. The number of sulfonamides is 1. The van der Waals surface area contributed by atoms with Crippen LogP contribution in [0.4, 0.5) is 0 Å². The Bertz CT molecular complexity index is 695. The lowest BCUT2D eigenvalue weighted by atomic mass is 9.86. The molecule has 0 fully saturated rings. The zero-order chi connectivity index (χ0) is 12.8. The van der Waals surface area contributed by atoms with Gasteiger partial charge >= 0.3 is 0 Å². The van der Waals surface area contributed by atoms with Crippen LogP contribution < -0.4 is 4.72 Å². The number of rotatable bonds is 1. The maximum absolute atomic E-state index is 12.1. The predicted octanol–water partition coefficient (Wildman–Crippen LogP) is 2.24. The molecule has 3 nitrogen and oxygen atoms in total. The highest BCUT2D eigenvalue weighted by Crippen LogP contribution is 2.39. The SMILES string of the molecule is CC1(c2ccccc2)NS(=O)(=O)c2ccccc21. The topological polar surface area (TPSA) is 46.2 Å². The van der Waals surface area contributed by atoms with Gasteiger partial charge in [-0.3, -0.25) is 0 Å². The molecule has 92 valence electrons. The van der Waals surface area contributed by atoms with Crippen LogP contribution in [-0.2, 0) is 15.6 Å². The van der Waals surface area contributed by atoms with Crippen LogP contribution in [0.15, 0.2) is 59.5 Å². The Balaban J connectivity index is 2.29. The van der Waals surface area contributed by atoms with E-state index in [0.717, 1.165) is 11.1 Å². The van der Waals surface area contributed by atoms with Crippen molar-refractivity contribution < 1.29 is 8.42 Å². The second kappa shape index (κ2) is 3.67. The second-order valence-electron chi connectivity index (χ2n) is 4.59. The Labute approximate surface area is 107 Å². The van der Waals surface area contributed by atoms with Crippen molar-refractivity contribution in [3.05, 3.63) is 65.7 Å². The fourth-order valence-electron chi connectivity index (χ4n) is 2.48. The van der Waals surface area contributed by atoms with E-state index in [0.29, 0.717) is 4.90 Å². The minimum Gasteiger partial charge on any atom is -0.207 e. The minimum absolute atomic E-state index is 0.372. The van der Waals surface area contributed by atoms with Crippen molar-refractivity contribution in [2.75, 3.05) is 0 Å².